The Hall–Kier alpha value is -0.160. The fraction of sp³-hybridized carbons (Fsp3) is 1.00. The van der Waals surface area contributed by atoms with E-state index in [1.807, 2.05) is 6.92 Å². The molecule has 0 bridgehead atoms. The maximum Gasteiger partial charge on any atom is 0.173 e. The highest BCUT2D eigenvalue weighted by Gasteiger charge is 2.46. The molecule has 0 aromatic heterocycles. The van der Waals surface area contributed by atoms with Crippen molar-refractivity contribution in [1.29, 1.82) is 0 Å². The van der Waals surface area contributed by atoms with E-state index in [9.17, 15) is 0 Å². The molecule has 2 saturated heterocycles. The van der Waals surface area contributed by atoms with E-state index in [1.54, 1.807) is 0 Å². The monoisotopic (exact) mass is 146 g/mol. The molecule has 10 heavy (non-hydrogen) atoms. The van der Waals surface area contributed by atoms with Gasteiger partial charge in [-0.2, -0.15) is 0 Å². The Morgan fingerprint density at radius 3 is 2.80 bits per heavy atom. The molecule has 58 valence electrons. The first-order chi connectivity index (χ1) is 4.77. The van der Waals surface area contributed by atoms with Gasteiger partial charge in [0.1, 0.15) is 0 Å². The molecule has 4 heteroatoms. The summed E-state index contributed by atoms with van der Waals surface area (Å²) >= 11 is 0. The molecule has 0 radical (unpaired) electrons. The number of hydrogen-bond acceptors (Lipinski definition) is 4. The Balaban J connectivity index is 1.93. The van der Waals surface area contributed by atoms with E-state index in [2.05, 4.69) is 0 Å². The number of rotatable bonds is 0. The third-order valence-corrected chi connectivity index (χ3v) is 1.84. The maximum absolute atomic E-state index is 8.95. The lowest BCUT2D eigenvalue weighted by molar-refractivity contribution is -0.429. The Kier molecular flexibility index (Phi) is 1.42. The van der Waals surface area contributed by atoms with Crippen molar-refractivity contribution in [2.24, 2.45) is 5.92 Å². The second kappa shape index (κ2) is 2.17. The highest BCUT2D eigenvalue weighted by atomic mass is 16.8. The van der Waals surface area contributed by atoms with Gasteiger partial charge in [-0.05, 0) is 6.92 Å². The van der Waals surface area contributed by atoms with Crippen molar-refractivity contribution in [3.8, 4) is 0 Å². The van der Waals surface area contributed by atoms with Crippen molar-refractivity contribution in [3.05, 3.63) is 0 Å². The molecule has 0 unspecified atom stereocenters. The molecule has 2 heterocycles. The van der Waals surface area contributed by atoms with Crippen molar-refractivity contribution in [1.82, 2.24) is 0 Å². The quantitative estimate of drug-likeness (QED) is 0.508. The summed E-state index contributed by atoms with van der Waals surface area (Å²) in [6, 6.07) is 0. The van der Waals surface area contributed by atoms with Crippen LogP contribution in [0.4, 0.5) is 0 Å². The lowest BCUT2D eigenvalue weighted by atomic mass is 10.0. The number of fused-ring (bicyclic) bond motifs is 1. The predicted molar refractivity (Wildman–Crippen MR) is 30.9 cm³/mol. The molecule has 2 rings (SSSR count). The van der Waals surface area contributed by atoms with Crippen LogP contribution in [0.15, 0.2) is 0 Å². The van der Waals surface area contributed by atoms with Gasteiger partial charge in [0.2, 0.25) is 0 Å². The van der Waals surface area contributed by atoms with Crippen molar-refractivity contribution in [2.75, 3.05) is 6.61 Å². The summed E-state index contributed by atoms with van der Waals surface area (Å²) in [6.45, 7) is 2.34. The Morgan fingerprint density at radius 2 is 2.20 bits per heavy atom. The van der Waals surface area contributed by atoms with Crippen molar-refractivity contribution < 1.29 is 19.3 Å². The highest BCUT2D eigenvalue weighted by Crippen LogP contribution is 2.32. The summed E-state index contributed by atoms with van der Waals surface area (Å²) in [7, 11) is 0. The number of aliphatic hydroxyl groups is 1. The van der Waals surface area contributed by atoms with Crippen LogP contribution in [-0.4, -0.2) is 30.6 Å². The Labute approximate surface area is 58.7 Å². The summed E-state index contributed by atoms with van der Waals surface area (Å²) < 4.78 is 15.1. The van der Waals surface area contributed by atoms with Crippen molar-refractivity contribution in [3.63, 3.8) is 0 Å². The number of ether oxygens (including phenoxy) is 3. The second-order valence-corrected chi connectivity index (χ2v) is 2.60. The smallest absolute Gasteiger partial charge is 0.173 e. The summed E-state index contributed by atoms with van der Waals surface area (Å²) in [5.74, 6) is 0.0243. The zero-order chi connectivity index (χ0) is 7.14. The van der Waals surface area contributed by atoms with Gasteiger partial charge in [0, 0.05) is 0 Å². The van der Waals surface area contributed by atoms with Gasteiger partial charge in [0.05, 0.1) is 12.5 Å². The molecule has 1 N–H and O–H groups in total. The van der Waals surface area contributed by atoms with Gasteiger partial charge in [-0.25, -0.2) is 0 Å². The summed E-state index contributed by atoms with van der Waals surface area (Å²) in [4.78, 5) is 0. The normalized spacial score (nSPS) is 53.4. The SMILES string of the molecule is C[C@@H]1OC[C@H]2[C@@H](O1)O[C@H]2O. The zero-order valence-corrected chi connectivity index (χ0v) is 5.69. The molecule has 2 fully saturated rings. The third-order valence-electron chi connectivity index (χ3n) is 1.84. The van der Waals surface area contributed by atoms with Gasteiger partial charge in [0.15, 0.2) is 18.9 Å². The van der Waals surface area contributed by atoms with Gasteiger partial charge in [-0.1, -0.05) is 0 Å². The minimum Gasteiger partial charge on any atom is -0.367 e. The first-order valence-corrected chi connectivity index (χ1v) is 3.38. The van der Waals surface area contributed by atoms with E-state index in [0.29, 0.717) is 6.61 Å². The third kappa shape index (κ3) is 0.845. The van der Waals surface area contributed by atoms with Crippen LogP contribution < -0.4 is 0 Å². The molecule has 4 nitrogen and oxygen atoms in total. The van der Waals surface area contributed by atoms with Gasteiger partial charge in [-0.15, -0.1) is 0 Å². The fourth-order valence-electron chi connectivity index (χ4n) is 1.15. The van der Waals surface area contributed by atoms with E-state index >= 15 is 0 Å². The van der Waals surface area contributed by atoms with Gasteiger partial charge >= 0.3 is 0 Å². The molecule has 0 saturated carbocycles. The van der Waals surface area contributed by atoms with Gasteiger partial charge < -0.3 is 19.3 Å². The molecular weight excluding hydrogens is 136 g/mol. The lowest BCUT2D eigenvalue weighted by Crippen LogP contribution is -2.57. The number of aliphatic hydroxyl groups excluding tert-OH is 1. The summed E-state index contributed by atoms with van der Waals surface area (Å²) in [6.07, 6.45) is -1.12. The largest absolute Gasteiger partial charge is 0.367 e. The Morgan fingerprint density at radius 1 is 1.40 bits per heavy atom. The van der Waals surface area contributed by atoms with E-state index in [4.69, 9.17) is 19.3 Å². The molecule has 0 aromatic rings. The van der Waals surface area contributed by atoms with Gasteiger partial charge in [-0.3, -0.25) is 0 Å². The van der Waals surface area contributed by atoms with Crippen molar-refractivity contribution in [2.45, 2.75) is 25.8 Å². The minimum absolute atomic E-state index is 0.0243. The van der Waals surface area contributed by atoms with Crippen LogP contribution in [0.1, 0.15) is 6.92 Å². The van der Waals surface area contributed by atoms with Crippen LogP contribution in [0.25, 0.3) is 0 Å². The first-order valence-electron chi connectivity index (χ1n) is 3.38. The Bertz CT molecular complexity index is 136. The van der Waals surface area contributed by atoms with Crippen LogP contribution in [0.3, 0.4) is 0 Å². The fourth-order valence-corrected chi connectivity index (χ4v) is 1.15. The van der Waals surface area contributed by atoms with Crippen molar-refractivity contribution >= 4 is 0 Å². The van der Waals surface area contributed by atoms with Crippen LogP contribution in [-0.2, 0) is 14.2 Å². The molecule has 2 aliphatic heterocycles. The average molecular weight is 146 g/mol. The summed E-state index contributed by atoms with van der Waals surface area (Å²) in [5.41, 5.74) is 0. The first kappa shape index (κ1) is 6.54. The van der Waals surface area contributed by atoms with Crippen LogP contribution >= 0.6 is 0 Å². The van der Waals surface area contributed by atoms with Crippen LogP contribution in [0.2, 0.25) is 0 Å². The molecule has 0 aromatic carbocycles. The van der Waals surface area contributed by atoms with Crippen LogP contribution in [0, 0.1) is 5.92 Å². The minimum atomic E-state index is -0.683. The summed E-state index contributed by atoms with van der Waals surface area (Å²) in [5, 5.41) is 8.95. The molecule has 4 atom stereocenters. The standard InChI is InChI=1S/C6H10O4/c1-3-8-2-4-5(7)10-6(4)9-3/h3-7H,2H2,1H3/t3-,4-,5-,6+/m1/s1. The molecule has 2 aliphatic rings. The molecule has 0 amide bonds. The molecule has 0 spiro atoms. The van der Waals surface area contributed by atoms with E-state index < -0.39 is 6.29 Å². The predicted octanol–water partition coefficient (Wildman–Crippen LogP) is -0.330. The molecule has 0 aliphatic carbocycles. The molecular formula is C6H10O4. The van der Waals surface area contributed by atoms with E-state index in [0.717, 1.165) is 0 Å². The maximum atomic E-state index is 8.95. The topological polar surface area (TPSA) is 47.9 Å². The zero-order valence-electron chi connectivity index (χ0n) is 5.69. The average Bonchev–Trinajstić information content (AvgIpc) is 1.86. The van der Waals surface area contributed by atoms with Crippen LogP contribution in [0.5, 0.6) is 0 Å². The van der Waals surface area contributed by atoms with E-state index in [1.165, 1.54) is 0 Å². The highest BCUT2D eigenvalue weighted by molar-refractivity contribution is 4.78. The number of hydrogen-bond donors (Lipinski definition) is 1. The van der Waals surface area contributed by atoms with Gasteiger partial charge in [0.25, 0.3) is 0 Å². The lowest BCUT2D eigenvalue weighted by Gasteiger charge is -2.45. The van der Waals surface area contributed by atoms with E-state index in [-0.39, 0.29) is 18.5 Å². The second-order valence-electron chi connectivity index (χ2n) is 2.60.